The Morgan fingerprint density at radius 1 is 1.31 bits per heavy atom. The van der Waals surface area contributed by atoms with Gasteiger partial charge in [-0.3, -0.25) is 4.79 Å². The summed E-state index contributed by atoms with van der Waals surface area (Å²) in [6.07, 6.45) is 3.63. The van der Waals surface area contributed by atoms with Crippen molar-refractivity contribution in [2.75, 3.05) is 20.2 Å². The summed E-state index contributed by atoms with van der Waals surface area (Å²) in [6, 6.07) is 9.26. The molecule has 1 atom stereocenters. The van der Waals surface area contributed by atoms with Gasteiger partial charge in [0, 0.05) is 19.4 Å². The van der Waals surface area contributed by atoms with Gasteiger partial charge in [0.15, 0.2) is 0 Å². The molecule has 7 heteroatoms. The fourth-order valence-electron chi connectivity index (χ4n) is 3.34. The van der Waals surface area contributed by atoms with Crippen LogP contribution in [0.2, 0.25) is 0 Å². The molecule has 1 fully saturated rings. The van der Waals surface area contributed by atoms with Crippen LogP contribution >= 0.6 is 0 Å². The maximum absolute atomic E-state index is 12.8. The largest absolute Gasteiger partial charge is 0.399 e. The molecule has 26 heavy (non-hydrogen) atoms. The first-order valence-corrected chi connectivity index (χ1v) is 9.01. The second-order valence-electron chi connectivity index (χ2n) is 6.60. The van der Waals surface area contributed by atoms with E-state index in [4.69, 9.17) is 10.6 Å². The number of hydrogen-bond acceptors (Lipinski definition) is 4. The minimum Gasteiger partial charge on any atom is -0.399 e. The number of carbonyl (C=O) groups excluding carboxylic acids is 2. The van der Waals surface area contributed by atoms with E-state index in [0.29, 0.717) is 18.7 Å². The number of nitrogens with zero attached hydrogens (tertiary/aromatic N) is 2. The number of nitrogens with two attached hydrogens (primary N) is 1. The van der Waals surface area contributed by atoms with E-state index in [0.717, 1.165) is 24.8 Å². The number of carbonyl (C=O) groups is 2. The molecule has 3 N–H and O–H groups in total. The predicted molar refractivity (Wildman–Crippen MR) is 101 cm³/mol. The van der Waals surface area contributed by atoms with Crippen molar-refractivity contribution in [1.82, 2.24) is 10.2 Å². The number of oxime groups is 1. The quantitative estimate of drug-likeness (QED) is 0.548. The van der Waals surface area contributed by atoms with Crippen LogP contribution in [0.1, 0.15) is 38.2 Å². The first-order chi connectivity index (χ1) is 12.5. The first kappa shape index (κ1) is 19.8. The number of nitrogens with one attached hydrogen (secondary N) is 1. The van der Waals surface area contributed by atoms with Gasteiger partial charge < -0.3 is 20.8 Å². The zero-order chi connectivity index (χ0) is 19.0. The number of benzene rings is 1. The van der Waals surface area contributed by atoms with Gasteiger partial charge in [-0.1, -0.05) is 55.3 Å². The highest BCUT2D eigenvalue weighted by Crippen LogP contribution is 2.32. The summed E-state index contributed by atoms with van der Waals surface area (Å²) >= 11 is 0. The number of urea groups is 1. The molecule has 2 rings (SSSR count). The molecule has 0 radical (unpaired) electrons. The Bertz CT molecular complexity index is 647. The average Bonchev–Trinajstić information content (AvgIpc) is 2.99. The molecule has 3 amide bonds. The summed E-state index contributed by atoms with van der Waals surface area (Å²) in [6.45, 7) is 2.90. The Kier molecular flexibility index (Phi) is 7.00. The Labute approximate surface area is 154 Å². The van der Waals surface area contributed by atoms with Crippen LogP contribution in [0, 0.1) is 0 Å². The minimum absolute atomic E-state index is 0.225. The highest BCUT2D eigenvalue weighted by molar-refractivity contribution is 6.03. The maximum Gasteiger partial charge on any atom is 0.318 e. The summed E-state index contributed by atoms with van der Waals surface area (Å²) in [4.78, 5) is 31.6. The third-order valence-corrected chi connectivity index (χ3v) is 4.67. The molecule has 1 aliphatic heterocycles. The molecule has 1 heterocycles. The van der Waals surface area contributed by atoms with Crippen LogP contribution in [0.5, 0.6) is 0 Å². The molecule has 0 aromatic heterocycles. The van der Waals surface area contributed by atoms with E-state index in [1.807, 2.05) is 30.3 Å². The average molecular weight is 360 g/mol. The van der Waals surface area contributed by atoms with Gasteiger partial charge in [0.25, 0.3) is 0 Å². The lowest BCUT2D eigenvalue weighted by atomic mass is 9.87. The molecule has 142 valence electrons. The third-order valence-electron chi connectivity index (χ3n) is 4.67. The molecule has 1 unspecified atom stereocenters. The van der Waals surface area contributed by atoms with Gasteiger partial charge in [0.2, 0.25) is 5.91 Å². The van der Waals surface area contributed by atoms with Crippen LogP contribution in [0.3, 0.4) is 0 Å². The standard InChI is InChI=1S/C19H28N4O3/c1-3-4-8-11-21-18(25)23-14-16(22-26-2)13-19(23,17(20)24)12-15-9-6-5-7-10-15/h5-7,9-10H,3-4,8,11-14H2,1-2H3,(H2,20,24)(H,21,25). The molecule has 0 aliphatic carbocycles. The van der Waals surface area contributed by atoms with E-state index in [9.17, 15) is 9.59 Å². The Morgan fingerprint density at radius 2 is 2.04 bits per heavy atom. The Hall–Kier alpha value is -2.57. The lowest BCUT2D eigenvalue weighted by Crippen LogP contribution is -2.59. The van der Waals surface area contributed by atoms with Crippen molar-refractivity contribution in [3.63, 3.8) is 0 Å². The second kappa shape index (κ2) is 9.22. The van der Waals surface area contributed by atoms with Crippen molar-refractivity contribution in [1.29, 1.82) is 0 Å². The number of amides is 3. The fraction of sp³-hybridized carbons (Fsp3) is 0.526. The summed E-state index contributed by atoms with van der Waals surface area (Å²) in [7, 11) is 1.45. The summed E-state index contributed by atoms with van der Waals surface area (Å²) in [5, 5.41) is 6.87. The molecule has 0 saturated carbocycles. The Balaban J connectivity index is 2.26. The van der Waals surface area contributed by atoms with Gasteiger partial charge in [-0.25, -0.2) is 4.79 Å². The molecular weight excluding hydrogens is 332 g/mol. The van der Waals surface area contributed by atoms with Crippen molar-refractivity contribution in [2.24, 2.45) is 10.9 Å². The molecule has 1 aromatic rings. The van der Waals surface area contributed by atoms with Crippen molar-refractivity contribution in [3.8, 4) is 0 Å². The van der Waals surface area contributed by atoms with Crippen molar-refractivity contribution in [3.05, 3.63) is 35.9 Å². The van der Waals surface area contributed by atoms with Crippen LogP contribution in [0.15, 0.2) is 35.5 Å². The maximum atomic E-state index is 12.8. The second-order valence-corrected chi connectivity index (χ2v) is 6.60. The predicted octanol–water partition coefficient (Wildman–Crippen LogP) is 2.06. The van der Waals surface area contributed by atoms with E-state index in [-0.39, 0.29) is 19.0 Å². The highest BCUT2D eigenvalue weighted by atomic mass is 16.6. The van der Waals surface area contributed by atoms with E-state index in [1.54, 1.807) is 0 Å². The van der Waals surface area contributed by atoms with Crippen LogP contribution in [-0.2, 0) is 16.1 Å². The summed E-state index contributed by atoms with van der Waals surface area (Å²) in [5.74, 6) is -0.536. The van der Waals surface area contributed by atoms with Crippen molar-refractivity contribution in [2.45, 2.75) is 44.6 Å². The molecule has 0 spiro atoms. The number of hydrogen-bond donors (Lipinski definition) is 2. The first-order valence-electron chi connectivity index (χ1n) is 9.01. The summed E-state index contributed by atoms with van der Waals surface area (Å²) < 4.78 is 0. The van der Waals surface area contributed by atoms with Gasteiger partial charge in [-0.05, 0) is 12.0 Å². The van der Waals surface area contributed by atoms with Gasteiger partial charge >= 0.3 is 6.03 Å². The lowest BCUT2D eigenvalue weighted by molar-refractivity contribution is -0.127. The number of rotatable bonds is 8. The van der Waals surface area contributed by atoms with Crippen LogP contribution in [0.4, 0.5) is 4.79 Å². The zero-order valence-corrected chi connectivity index (χ0v) is 15.5. The van der Waals surface area contributed by atoms with Crippen LogP contribution < -0.4 is 11.1 Å². The number of primary amides is 1. The Morgan fingerprint density at radius 3 is 2.65 bits per heavy atom. The van der Waals surface area contributed by atoms with Gasteiger partial charge in [-0.15, -0.1) is 0 Å². The number of likely N-dealkylation sites (tertiary alicyclic amines) is 1. The van der Waals surface area contributed by atoms with E-state index in [1.165, 1.54) is 12.0 Å². The van der Waals surface area contributed by atoms with Gasteiger partial charge in [0.1, 0.15) is 12.6 Å². The van der Waals surface area contributed by atoms with Crippen molar-refractivity contribution >= 4 is 17.6 Å². The molecule has 7 nitrogen and oxygen atoms in total. The highest BCUT2D eigenvalue weighted by Gasteiger charge is 2.51. The lowest BCUT2D eigenvalue weighted by Gasteiger charge is -2.35. The molecule has 1 saturated heterocycles. The third kappa shape index (κ3) is 4.53. The zero-order valence-electron chi connectivity index (χ0n) is 15.5. The van der Waals surface area contributed by atoms with Gasteiger partial charge in [0.05, 0.1) is 12.3 Å². The molecule has 1 aromatic carbocycles. The monoisotopic (exact) mass is 360 g/mol. The smallest absolute Gasteiger partial charge is 0.318 e. The van der Waals surface area contributed by atoms with Crippen molar-refractivity contribution < 1.29 is 14.4 Å². The van der Waals surface area contributed by atoms with Gasteiger partial charge in [-0.2, -0.15) is 0 Å². The SMILES string of the molecule is CCCCCNC(=O)N1CC(=NOC)CC1(Cc1ccccc1)C(N)=O. The van der Waals surface area contributed by atoms with Crippen LogP contribution in [0.25, 0.3) is 0 Å². The number of unbranched alkanes of at least 4 members (excludes halogenated alkanes) is 2. The fourth-order valence-corrected chi connectivity index (χ4v) is 3.34. The van der Waals surface area contributed by atoms with E-state index >= 15 is 0 Å². The summed E-state index contributed by atoms with van der Waals surface area (Å²) in [5.41, 5.74) is 6.21. The minimum atomic E-state index is -1.15. The molecule has 0 bridgehead atoms. The molecular formula is C19H28N4O3. The van der Waals surface area contributed by atoms with Crippen LogP contribution in [-0.4, -0.2) is 48.3 Å². The van der Waals surface area contributed by atoms with E-state index < -0.39 is 11.4 Å². The normalized spacial score (nSPS) is 21.0. The van der Waals surface area contributed by atoms with E-state index in [2.05, 4.69) is 17.4 Å². The molecule has 1 aliphatic rings. The topological polar surface area (TPSA) is 97.0 Å².